The molecule has 3 fully saturated rings. The molecule has 1 amide bonds. The van der Waals surface area contributed by atoms with Crippen molar-refractivity contribution >= 4 is 11.7 Å². The third-order valence-electron chi connectivity index (χ3n) is 7.06. The van der Waals surface area contributed by atoms with Crippen molar-refractivity contribution in [1.82, 2.24) is 14.7 Å². The lowest BCUT2D eigenvalue weighted by atomic mass is 9.79. The quantitative estimate of drug-likeness (QED) is 0.669. The number of carbonyl (C=O) groups excluding carboxylic acids is 2. The first-order valence-corrected chi connectivity index (χ1v) is 10.9. The Morgan fingerprint density at radius 1 is 0.889 bits per heavy atom. The maximum absolute atomic E-state index is 12.8. The Bertz CT molecular complexity index is 512. The molecule has 0 aromatic rings. The van der Waals surface area contributed by atoms with E-state index in [9.17, 15) is 9.59 Å². The number of likely N-dealkylation sites (N-methyl/N-ethyl adjacent to an activating group) is 1. The van der Waals surface area contributed by atoms with E-state index in [1.807, 2.05) is 0 Å². The van der Waals surface area contributed by atoms with Gasteiger partial charge in [-0.1, -0.05) is 6.58 Å². The number of ketones is 1. The molecule has 0 aromatic heterocycles. The molecule has 0 atom stereocenters. The van der Waals surface area contributed by atoms with Crippen molar-refractivity contribution in [1.29, 1.82) is 0 Å². The predicted molar refractivity (Wildman–Crippen MR) is 109 cm³/mol. The number of hydrogen-bond donors (Lipinski definition) is 0. The zero-order valence-corrected chi connectivity index (χ0v) is 17.1. The van der Waals surface area contributed by atoms with Crippen LogP contribution < -0.4 is 0 Å². The van der Waals surface area contributed by atoms with Crippen molar-refractivity contribution in [3.8, 4) is 0 Å². The van der Waals surface area contributed by atoms with E-state index in [1.54, 1.807) is 0 Å². The lowest BCUT2D eigenvalue weighted by Crippen LogP contribution is -2.46. The van der Waals surface area contributed by atoms with Crippen molar-refractivity contribution in [3.63, 3.8) is 0 Å². The zero-order chi connectivity index (χ0) is 19.2. The molecule has 1 aliphatic carbocycles. The highest BCUT2D eigenvalue weighted by Crippen LogP contribution is 2.32. The van der Waals surface area contributed by atoms with Crippen molar-refractivity contribution < 1.29 is 9.59 Å². The topological polar surface area (TPSA) is 43.9 Å². The number of nitrogens with zero attached hydrogens (tertiary/aromatic N) is 3. The third-order valence-corrected chi connectivity index (χ3v) is 7.06. The van der Waals surface area contributed by atoms with Crippen molar-refractivity contribution in [2.24, 2.45) is 17.8 Å². The number of likely N-dealkylation sites (tertiary alicyclic amines) is 1. The van der Waals surface area contributed by atoms with Gasteiger partial charge in [-0.15, -0.1) is 0 Å². The van der Waals surface area contributed by atoms with E-state index in [0.29, 0.717) is 5.91 Å². The fourth-order valence-corrected chi connectivity index (χ4v) is 4.93. The summed E-state index contributed by atoms with van der Waals surface area (Å²) in [5, 5.41) is 0. The van der Waals surface area contributed by atoms with Crippen molar-refractivity contribution in [2.75, 3.05) is 52.9 Å². The van der Waals surface area contributed by atoms with Gasteiger partial charge in [0.15, 0.2) is 5.78 Å². The molecule has 3 rings (SSSR count). The van der Waals surface area contributed by atoms with Crippen molar-refractivity contribution in [3.05, 3.63) is 12.7 Å². The maximum atomic E-state index is 12.8. The molecular formula is C22H37N3O2. The van der Waals surface area contributed by atoms with E-state index in [-0.39, 0.29) is 17.6 Å². The lowest BCUT2D eigenvalue weighted by molar-refractivity contribution is -0.139. The summed E-state index contributed by atoms with van der Waals surface area (Å²) in [4.78, 5) is 31.7. The second kappa shape index (κ2) is 9.83. The highest BCUT2D eigenvalue weighted by Gasteiger charge is 2.32. The van der Waals surface area contributed by atoms with Gasteiger partial charge in [0.25, 0.3) is 0 Å². The van der Waals surface area contributed by atoms with E-state index < -0.39 is 0 Å². The fraction of sp³-hybridized carbons (Fsp3) is 0.818. The van der Waals surface area contributed by atoms with E-state index in [0.717, 1.165) is 57.5 Å². The highest BCUT2D eigenvalue weighted by atomic mass is 16.2. The molecule has 3 aliphatic rings. The molecule has 152 valence electrons. The second-order valence-electron chi connectivity index (χ2n) is 8.86. The largest absolute Gasteiger partial charge is 0.342 e. The molecule has 27 heavy (non-hydrogen) atoms. The summed E-state index contributed by atoms with van der Waals surface area (Å²) in [5.41, 5.74) is 0. The first-order chi connectivity index (χ1) is 13.1. The van der Waals surface area contributed by atoms with Crippen LogP contribution in [0.2, 0.25) is 0 Å². The van der Waals surface area contributed by atoms with Gasteiger partial charge < -0.3 is 14.7 Å². The predicted octanol–water partition coefficient (Wildman–Crippen LogP) is 2.42. The first-order valence-electron chi connectivity index (χ1n) is 10.9. The SMILES string of the molecule is C=CC(=O)C1CCC(C(=O)N2CCC(CCN3CCN(C)CC3)CC2)CC1. The number of piperazine rings is 1. The molecule has 0 bridgehead atoms. The van der Waals surface area contributed by atoms with Gasteiger partial charge >= 0.3 is 0 Å². The normalized spacial score (nSPS) is 28.9. The summed E-state index contributed by atoms with van der Waals surface area (Å²) in [6.07, 6.45) is 8.47. The Morgan fingerprint density at radius 3 is 2.07 bits per heavy atom. The van der Waals surface area contributed by atoms with E-state index in [2.05, 4.69) is 28.3 Å². The Hall–Kier alpha value is -1.20. The Labute approximate surface area is 164 Å². The average molecular weight is 376 g/mol. The lowest BCUT2D eigenvalue weighted by Gasteiger charge is -2.37. The minimum absolute atomic E-state index is 0.104. The summed E-state index contributed by atoms with van der Waals surface area (Å²) in [5.74, 6) is 1.52. The number of piperidine rings is 1. The van der Waals surface area contributed by atoms with Gasteiger partial charge in [-0.05, 0) is 70.5 Å². The van der Waals surface area contributed by atoms with Crippen LogP contribution in [0.25, 0.3) is 0 Å². The maximum Gasteiger partial charge on any atom is 0.225 e. The van der Waals surface area contributed by atoms with Gasteiger partial charge in [0, 0.05) is 51.1 Å². The highest BCUT2D eigenvalue weighted by molar-refractivity contribution is 5.91. The van der Waals surface area contributed by atoms with Crippen LogP contribution in [0.15, 0.2) is 12.7 Å². The smallest absolute Gasteiger partial charge is 0.225 e. The molecule has 2 aliphatic heterocycles. The summed E-state index contributed by atoms with van der Waals surface area (Å²) in [6.45, 7) is 11.4. The van der Waals surface area contributed by atoms with Crippen LogP contribution in [0.3, 0.4) is 0 Å². The molecule has 5 heteroatoms. The van der Waals surface area contributed by atoms with Crippen LogP contribution in [0.1, 0.15) is 44.9 Å². The Kier molecular flexibility index (Phi) is 7.48. The Morgan fingerprint density at radius 2 is 1.48 bits per heavy atom. The number of allylic oxidation sites excluding steroid dienone is 1. The molecule has 0 radical (unpaired) electrons. The van der Waals surface area contributed by atoms with E-state index >= 15 is 0 Å². The van der Waals surface area contributed by atoms with Crippen LogP contribution in [0.5, 0.6) is 0 Å². The zero-order valence-electron chi connectivity index (χ0n) is 17.1. The average Bonchev–Trinajstić information content (AvgIpc) is 2.73. The monoisotopic (exact) mass is 375 g/mol. The number of carbonyl (C=O) groups is 2. The molecule has 2 saturated heterocycles. The number of amides is 1. The van der Waals surface area contributed by atoms with Gasteiger partial charge in [0.05, 0.1) is 0 Å². The molecule has 0 N–H and O–H groups in total. The summed E-state index contributed by atoms with van der Waals surface area (Å²) >= 11 is 0. The summed E-state index contributed by atoms with van der Waals surface area (Å²) < 4.78 is 0. The van der Waals surface area contributed by atoms with Crippen LogP contribution in [0.4, 0.5) is 0 Å². The van der Waals surface area contributed by atoms with Crippen LogP contribution in [-0.4, -0.2) is 79.3 Å². The van der Waals surface area contributed by atoms with Crippen LogP contribution in [-0.2, 0) is 9.59 Å². The molecule has 0 spiro atoms. The molecule has 0 unspecified atom stereocenters. The van der Waals surface area contributed by atoms with E-state index in [4.69, 9.17) is 0 Å². The molecule has 5 nitrogen and oxygen atoms in total. The minimum Gasteiger partial charge on any atom is -0.342 e. The molecule has 1 saturated carbocycles. The molecular weight excluding hydrogens is 338 g/mol. The second-order valence-corrected chi connectivity index (χ2v) is 8.86. The number of hydrogen-bond acceptors (Lipinski definition) is 4. The van der Waals surface area contributed by atoms with Gasteiger partial charge in [-0.25, -0.2) is 0 Å². The third kappa shape index (κ3) is 5.64. The fourth-order valence-electron chi connectivity index (χ4n) is 4.93. The van der Waals surface area contributed by atoms with Gasteiger partial charge in [0.2, 0.25) is 5.91 Å². The van der Waals surface area contributed by atoms with Crippen molar-refractivity contribution in [2.45, 2.75) is 44.9 Å². The first kappa shape index (κ1) is 20.5. The molecule has 0 aromatic carbocycles. The Balaban J connectivity index is 1.34. The summed E-state index contributed by atoms with van der Waals surface area (Å²) in [6, 6.07) is 0. The number of rotatable bonds is 6. The van der Waals surface area contributed by atoms with Gasteiger partial charge in [-0.3, -0.25) is 9.59 Å². The van der Waals surface area contributed by atoms with Gasteiger partial charge in [-0.2, -0.15) is 0 Å². The van der Waals surface area contributed by atoms with Crippen LogP contribution >= 0.6 is 0 Å². The van der Waals surface area contributed by atoms with Crippen LogP contribution in [0, 0.1) is 17.8 Å². The summed E-state index contributed by atoms with van der Waals surface area (Å²) in [7, 11) is 2.20. The molecule has 2 heterocycles. The standard InChI is InChI=1S/C22H37N3O2/c1-3-21(26)19-4-6-20(7-5-19)22(27)25-12-9-18(10-13-25)8-11-24-16-14-23(2)15-17-24/h3,18-20H,1,4-17H2,2H3. The van der Waals surface area contributed by atoms with Gasteiger partial charge in [0.1, 0.15) is 0 Å². The minimum atomic E-state index is 0.104. The van der Waals surface area contributed by atoms with E-state index in [1.165, 1.54) is 45.2 Å².